The monoisotopic (exact) mass is 353 g/mol. The minimum Gasteiger partial charge on any atom is -0.496 e. The van der Waals surface area contributed by atoms with Gasteiger partial charge in [-0.15, -0.1) is 0 Å². The van der Waals surface area contributed by atoms with Gasteiger partial charge in [-0.1, -0.05) is 23.4 Å². The highest BCUT2D eigenvalue weighted by Gasteiger charge is 2.15. The lowest BCUT2D eigenvalue weighted by Gasteiger charge is -2.12. The van der Waals surface area contributed by atoms with E-state index >= 15 is 0 Å². The molecular weight excluding hydrogens is 334 g/mol. The van der Waals surface area contributed by atoms with Crippen LogP contribution in [0.3, 0.4) is 0 Å². The lowest BCUT2D eigenvalue weighted by molar-refractivity contribution is 0.0430. The highest BCUT2D eigenvalue weighted by atomic mass is 16.6. The Morgan fingerprint density at radius 2 is 1.96 bits per heavy atom. The molecule has 134 valence electrons. The molecule has 2 aromatic carbocycles. The molecule has 0 bridgehead atoms. The van der Waals surface area contributed by atoms with Crippen LogP contribution in [0.1, 0.15) is 16.2 Å². The van der Waals surface area contributed by atoms with E-state index in [4.69, 9.17) is 14.0 Å². The predicted molar refractivity (Wildman–Crippen MR) is 96.2 cm³/mol. The number of carbonyl (C=O) groups excluding carboxylic acids is 1. The van der Waals surface area contributed by atoms with E-state index in [-0.39, 0.29) is 12.5 Å². The molecule has 1 heterocycles. The first kappa shape index (κ1) is 17.5. The summed E-state index contributed by atoms with van der Waals surface area (Å²) >= 11 is 0. The lowest BCUT2D eigenvalue weighted by Crippen LogP contribution is -2.11. The number of anilines is 1. The van der Waals surface area contributed by atoms with E-state index in [0.29, 0.717) is 22.7 Å². The third kappa shape index (κ3) is 3.83. The van der Waals surface area contributed by atoms with E-state index in [1.165, 1.54) is 0 Å². The second-order valence-electron chi connectivity index (χ2n) is 5.73. The van der Waals surface area contributed by atoms with Gasteiger partial charge in [0.15, 0.2) is 6.61 Å². The number of esters is 1. The fraction of sp³-hybridized carbons (Fsp3) is 0.211. The molecular formula is C19H19N3O4. The third-order valence-corrected chi connectivity index (χ3v) is 3.74. The highest BCUT2D eigenvalue weighted by molar-refractivity contribution is 5.90. The molecule has 0 N–H and O–H groups in total. The summed E-state index contributed by atoms with van der Waals surface area (Å²) in [4.78, 5) is 18.4. The van der Waals surface area contributed by atoms with Gasteiger partial charge < -0.3 is 18.9 Å². The molecule has 0 saturated carbocycles. The van der Waals surface area contributed by atoms with E-state index in [9.17, 15) is 4.79 Å². The molecule has 0 aliphatic carbocycles. The summed E-state index contributed by atoms with van der Waals surface area (Å²) in [5, 5.41) is 3.92. The van der Waals surface area contributed by atoms with E-state index in [1.54, 1.807) is 25.3 Å². The van der Waals surface area contributed by atoms with Crippen LogP contribution >= 0.6 is 0 Å². The molecule has 7 heteroatoms. The SMILES string of the molecule is COc1ccccc1-c1noc(COC(=O)c2cccc(N(C)C)c2)n1. The van der Waals surface area contributed by atoms with Crippen LogP contribution in [0.2, 0.25) is 0 Å². The number of hydrogen-bond donors (Lipinski definition) is 0. The van der Waals surface area contributed by atoms with Gasteiger partial charge in [0.05, 0.1) is 18.2 Å². The van der Waals surface area contributed by atoms with E-state index in [1.807, 2.05) is 49.3 Å². The zero-order chi connectivity index (χ0) is 18.5. The second-order valence-corrected chi connectivity index (χ2v) is 5.73. The van der Waals surface area contributed by atoms with Crippen molar-refractivity contribution < 1.29 is 18.8 Å². The van der Waals surface area contributed by atoms with Crippen LogP contribution in [-0.2, 0) is 11.3 Å². The average molecular weight is 353 g/mol. The van der Waals surface area contributed by atoms with Gasteiger partial charge in [0, 0.05) is 19.8 Å². The molecule has 0 aliphatic heterocycles. The molecule has 26 heavy (non-hydrogen) atoms. The molecule has 3 rings (SSSR count). The quantitative estimate of drug-likeness (QED) is 0.630. The molecule has 0 radical (unpaired) electrons. The summed E-state index contributed by atoms with van der Waals surface area (Å²) in [6.07, 6.45) is 0. The Kier molecular flexibility index (Phi) is 5.17. The summed E-state index contributed by atoms with van der Waals surface area (Å²) in [5.41, 5.74) is 2.08. The Bertz CT molecular complexity index is 905. The Morgan fingerprint density at radius 1 is 1.15 bits per heavy atom. The highest BCUT2D eigenvalue weighted by Crippen LogP contribution is 2.27. The Labute approximate surface area is 151 Å². The van der Waals surface area contributed by atoms with Crippen LogP contribution in [-0.4, -0.2) is 37.3 Å². The maximum atomic E-state index is 12.2. The van der Waals surface area contributed by atoms with Gasteiger partial charge in [-0.25, -0.2) is 4.79 Å². The van der Waals surface area contributed by atoms with Crippen LogP contribution < -0.4 is 9.64 Å². The number of rotatable bonds is 6. The zero-order valence-corrected chi connectivity index (χ0v) is 14.8. The lowest BCUT2D eigenvalue weighted by atomic mass is 10.2. The van der Waals surface area contributed by atoms with Crippen molar-refractivity contribution in [3.63, 3.8) is 0 Å². The number of carbonyl (C=O) groups is 1. The van der Waals surface area contributed by atoms with Crippen LogP contribution in [0.15, 0.2) is 53.1 Å². The maximum absolute atomic E-state index is 12.2. The largest absolute Gasteiger partial charge is 0.496 e. The van der Waals surface area contributed by atoms with Gasteiger partial charge in [-0.3, -0.25) is 0 Å². The first-order valence-electron chi connectivity index (χ1n) is 7.99. The number of ether oxygens (including phenoxy) is 2. The first-order valence-corrected chi connectivity index (χ1v) is 7.99. The predicted octanol–water partition coefficient (Wildman–Crippen LogP) is 3.17. The van der Waals surface area contributed by atoms with Crippen molar-refractivity contribution in [3.05, 3.63) is 60.0 Å². The average Bonchev–Trinajstić information content (AvgIpc) is 3.15. The molecule has 0 fully saturated rings. The molecule has 0 saturated heterocycles. The molecule has 0 spiro atoms. The molecule has 0 amide bonds. The number of methoxy groups -OCH3 is 1. The van der Waals surface area contributed by atoms with Crippen LogP contribution in [0, 0.1) is 0 Å². The Hall–Kier alpha value is -3.35. The number of nitrogens with zero attached hydrogens (tertiary/aromatic N) is 3. The van der Waals surface area contributed by atoms with Gasteiger partial charge in [-0.2, -0.15) is 4.98 Å². The van der Waals surface area contributed by atoms with Crippen LogP contribution in [0.4, 0.5) is 5.69 Å². The summed E-state index contributed by atoms with van der Waals surface area (Å²) in [6.45, 7) is -0.104. The summed E-state index contributed by atoms with van der Waals surface area (Å²) in [5.74, 6) is 0.772. The summed E-state index contributed by atoms with van der Waals surface area (Å²) in [7, 11) is 5.38. The molecule has 0 unspecified atom stereocenters. The van der Waals surface area contributed by atoms with Crippen LogP contribution in [0.5, 0.6) is 5.75 Å². The van der Waals surface area contributed by atoms with Crippen molar-refractivity contribution in [2.75, 3.05) is 26.1 Å². The van der Waals surface area contributed by atoms with Crippen molar-refractivity contribution in [2.24, 2.45) is 0 Å². The molecule has 7 nitrogen and oxygen atoms in total. The van der Waals surface area contributed by atoms with Crippen molar-refractivity contribution >= 4 is 11.7 Å². The first-order chi connectivity index (χ1) is 12.6. The number of hydrogen-bond acceptors (Lipinski definition) is 7. The fourth-order valence-corrected chi connectivity index (χ4v) is 2.37. The van der Waals surface area contributed by atoms with Crippen molar-refractivity contribution in [3.8, 4) is 17.1 Å². The normalized spacial score (nSPS) is 10.4. The van der Waals surface area contributed by atoms with Gasteiger partial charge in [0.1, 0.15) is 5.75 Å². The summed E-state index contributed by atoms with van der Waals surface area (Å²) < 4.78 is 15.7. The molecule has 3 aromatic rings. The van der Waals surface area contributed by atoms with Gasteiger partial charge >= 0.3 is 5.97 Å². The van der Waals surface area contributed by atoms with Gasteiger partial charge in [-0.05, 0) is 30.3 Å². The Morgan fingerprint density at radius 3 is 2.73 bits per heavy atom. The van der Waals surface area contributed by atoms with Gasteiger partial charge in [0.2, 0.25) is 5.82 Å². The van der Waals surface area contributed by atoms with Crippen LogP contribution in [0.25, 0.3) is 11.4 Å². The molecule has 0 atom stereocenters. The minimum atomic E-state index is -0.453. The van der Waals surface area contributed by atoms with E-state index in [2.05, 4.69) is 10.1 Å². The smallest absolute Gasteiger partial charge is 0.338 e. The van der Waals surface area contributed by atoms with E-state index in [0.717, 1.165) is 5.69 Å². The molecule has 0 aliphatic rings. The number of para-hydroxylation sites is 1. The van der Waals surface area contributed by atoms with E-state index < -0.39 is 5.97 Å². The van der Waals surface area contributed by atoms with Crippen molar-refractivity contribution in [1.82, 2.24) is 10.1 Å². The standard InChI is InChI=1S/C19H19N3O4/c1-22(2)14-8-6-7-13(11-14)19(23)25-12-17-20-18(21-26-17)15-9-4-5-10-16(15)24-3/h4-11H,12H2,1-3H3. The zero-order valence-electron chi connectivity index (χ0n) is 14.8. The second kappa shape index (κ2) is 7.69. The third-order valence-electron chi connectivity index (χ3n) is 3.74. The summed E-state index contributed by atoms with van der Waals surface area (Å²) in [6, 6.07) is 14.5. The Balaban J connectivity index is 1.68. The van der Waals surface area contributed by atoms with Crippen molar-refractivity contribution in [1.29, 1.82) is 0 Å². The minimum absolute atomic E-state index is 0.104. The molecule has 1 aromatic heterocycles. The number of aromatic nitrogens is 2. The number of benzene rings is 2. The fourth-order valence-electron chi connectivity index (χ4n) is 2.37. The van der Waals surface area contributed by atoms with Gasteiger partial charge in [0.25, 0.3) is 5.89 Å². The topological polar surface area (TPSA) is 77.7 Å². The van der Waals surface area contributed by atoms with Crippen molar-refractivity contribution in [2.45, 2.75) is 6.61 Å². The maximum Gasteiger partial charge on any atom is 0.338 e.